The zero-order valence-electron chi connectivity index (χ0n) is 12.8. The molecule has 0 saturated heterocycles. The Kier molecular flexibility index (Phi) is 6.29. The van der Waals surface area contributed by atoms with Crippen molar-refractivity contribution in [1.82, 2.24) is 0 Å². The van der Waals surface area contributed by atoms with Crippen LogP contribution in [0.1, 0.15) is 38.2 Å². The maximum atomic E-state index is 5.76. The van der Waals surface area contributed by atoms with Crippen LogP contribution < -0.4 is 10.5 Å². The van der Waals surface area contributed by atoms with Crippen molar-refractivity contribution < 1.29 is 4.74 Å². The van der Waals surface area contributed by atoms with Crippen molar-refractivity contribution in [2.75, 3.05) is 6.61 Å². The van der Waals surface area contributed by atoms with E-state index in [4.69, 9.17) is 10.5 Å². The molecule has 0 fully saturated rings. The van der Waals surface area contributed by atoms with Gasteiger partial charge < -0.3 is 10.5 Å². The normalized spacial score (nSPS) is 10.6. The lowest BCUT2D eigenvalue weighted by Crippen LogP contribution is -1.97. The highest BCUT2D eigenvalue weighted by Crippen LogP contribution is 2.23. The van der Waals surface area contributed by atoms with Crippen LogP contribution in [0.3, 0.4) is 0 Å². The molecule has 0 aliphatic rings. The monoisotopic (exact) mass is 283 g/mol. The van der Waals surface area contributed by atoms with E-state index in [0.29, 0.717) is 6.54 Å². The van der Waals surface area contributed by atoms with Gasteiger partial charge in [-0.25, -0.2) is 0 Å². The average molecular weight is 283 g/mol. The Morgan fingerprint density at radius 3 is 2.00 bits per heavy atom. The van der Waals surface area contributed by atoms with Crippen LogP contribution in [0.25, 0.3) is 11.1 Å². The Morgan fingerprint density at radius 2 is 1.43 bits per heavy atom. The van der Waals surface area contributed by atoms with Gasteiger partial charge in [0.1, 0.15) is 5.75 Å². The highest BCUT2D eigenvalue weighted by atomic mass is 16.5. The molecule has 2 nitrogen and oxygen atoms in total. The lowest BCUT2D eigenvalue weighted by Gasteiger charge is -2.08. The summed E-state index contributed by atoms with van der Waals surface area (Å²) in [6.45, 7) is 3.62. The Morgan fingerprint density at radius 1 is 0.810 bits per heavy atom. The van der Waals surface area contributed by atoms with Crippen molar-refractivity contribution >= 4 is 0 Å². The summed E-state index contributed by atoms with van der Waals surface area (Å²) >= 11 is 0. The topological polar surface area (TPSA) is 35.2 Å². The van der Waals surface area contributed by atoms with Gasteiger partial charge in [-0.1, -0.05) is 62.6 Å². The van der Waals surface area contributed by atoms with Gasteiger partial charge in [0.15, 0.2) is 0 Å². The molecule has 2 aromatic carbocycles. The summed E-state index contributed by atoms with van der Waals surface area (Å²) in [4.78, 5) is 0. The Bertz CT molecular complexity index is 516. The van der Waals surface area contributed by atoms with Gasteiger partial charge in [-0.05, 0) is 35.2 Å². The standard InChI is InChI=1S/C19H25NO/c1-2-3-4-5-14-21-19-12-10-18(11-13-19)17-8-6-16(15-20)7-9-17/h6-13H,2-5,14-15,20H2,1H3. The van der Waals surface area contributed by atoms with Crippen LogP contribution in [0, 0.1) is 0 Å². The highest BCUT2D eigenvalue weighted by molar-refractivity contribution is 5.64. The van der Waals surface area contributed by atoms with Crippen LogP contribution in [0.15, 0.2) is 48.5 Å². The van der Waals surface area contributed by atoms with Crippen molar-refractivity contribution in [3.8, 4) is 16.9 Å². The third-order valence-corrected chi connectivity index (χ3v) is 3.64. The van der Waals surface area contributed by atoms with Crippen LogP contribution in [0.5, 0.6) is 5.75 Å². The maximum Gasteiger partial charge on any atom is 0.119 e. The summed E-state index contributed by atoms with van der Waals surface area (Å²) in [6, 6.07) is 16.7. The summed E-state index contributed by atoms with van der Waals surface area (Å²) < 4.78 is 5.76. The van der Waals surface area contributed by atoms with Crippen LogP contribution >= 0.6 is 0 Å². The van der Waals surface area contributed by atoms with E-state index >= 15 is 0 Å². The predicted molar refractivity (Wildman–Crippen MR) is 89.4 cm³/mol. The van der Waals surface area contributed by atoms with Gasteiger partial charge >= 0.3 is 0 Å². The summed E-state index contributed by atoms with van der Waals surface area (Å²) in [5, 5.41) is 0. The van der Waals surface area contributed by atoms with Gasteiger partial charge in [0.05, 0.1) is 6.61 Å². The van der Waals surface area contributed by atoms with Gasteiger partial charge in [-0.15, -0.1) is 0 Å². The molecule has 0 bridgehead atoms. The fourth-order valence-electron chi connectivity index (χ4n) is 2.30. The molecule has 0 saturated carbocycles. The van der Waals surface area contributed by atoms with Crippen LogP contribution in [-0.4, -0.2) is 6.61 Å². The smallest absolute Gasteiger partial charge is 0.119 e. The molecule has 0 aliphatic heterocycles. The van der Waals surface area contributed by atoms with Crippen molar-refractivity contribution in [1.29, 1.82) is 0 Å². The van der Waals surface area contributed by atoms with E-state index in [9.17, 15) is 0 Å². The molecular formula is C19H25NO. The van der Waals surface area contributed by atoms with E-state index in [1.807, 2.05) is 12.1 Å². The quantitative estimate of drug-likeness (QED) is 0.708. The van der Waals surface area contributed by atoms with Gasteiger partial charge in [-0.3, -0.25) is 0 Å². The Labute approximate surface area is 127 Å². The van der Waals surface area contributed by atoms with E-state index in [2.05, 4.69) is 43.3 Å². The second-order valence-corrected chi connectivity index (χ2v) is 5.33. The number of rotatable bonds is 8. The van der Waals surface area contributed by atoms with Gasteiger partial charge in [0.25, 0.3) is 0 Å². The molecule has 2 aromatic rings. The second kappa shape index (κ2) is 8.48. The summed E-state index contributed by atoms with van der Waals surface area (Å²) in [6.07, 6.45) is 4.94. The first-order valence-corrected chi connectivity index (χ1v) is 7.85. The molecule has 2 N–H and O–H groups in total. The number of benzene rings is 2. The van der Waals surface area contributed by atoms with E-state index in [-0.39, 0.29) is 0 Å². The fourth-order valence-corrected chi connectivity index (χ4v) is 2.30. The predicted octanol–water partition coefficient (Wildman–Crippen LogP) is 4.77. The molecule has 0 aromatic heterocycles. The number of hydrogen-bond donors (Lipinski definition) is 1. The highest BCUT2D eigenvalue weighted by Gasteiger charge is 1.99. The zero-order chi connectivity index (χ0) is 14.9. The van der Waals surface area contributed by atoms with Gasteiger partial charge in [0.2, 0.25) is 0 Å². The molecule has 0 aliphatic carbocycles. The molecule has 0 amide bonds. The van der Waals surface area contributed by atoms with Crippen molar-refractivity contribution in [3.63, 3.8) is 0 Å². The first-order chi connectivity index (χ1) is 10.3. The lowest BCUT2D eigenvalue weighted by molar-refractivity contribution is 0.305. The number of unbranched alkanes of at least 4 members (excludes halogenated alkanes) is 3. The number of ether oxygens (including phenoxy) is 1. The molecule has 2 rings (SSSR count). The van der Waals surface area contributed by atoms with E-state index in [1.165, 1.54) is 30.4 Å². The number of nitrogens with two attached hydrogens (primary N) is 1. The molecule has 0 atom stereocenters. The molecule has 2 heteroatoms. The molecule has 0 unspecified atom stereocenters. The van der Waals surface area contributed by atoms with Gasteiger partial charge in [0, 0.05) is 6.54 Å². The lowest BCUT2D eigenvalue weighted by atomic mass is 10.0. The third kappa shape index (κ3) is 4.91. The summed E-state index contributed by atoms with van der Waals surface area (Å²) in [7, 11) is 0. The van der Waals surface area contributed by atoms with E-state index < -0.39 is 0 Å². The minimum atomic E-state index is 0.588. The van der Waals surface area contributed by atoms with E-state index in [0.717, 1.165) is 24.3 Å². The van der Waals surface area contributed by atoms with Crippen LogP contribution in [-0.2, 0) is 6.54 Å². The van der Waals surface area contributed by atoms with Crippen molar-refractivity contribution in [2.24, 2.45) is 5.73 Å². The molecule has 21 heavy (non-hydrogen) atoms. The first-order valence-electron chi connectivity index (χ1n) is 7.85. The van der Waals surface area contributed by atoms with Gasteiger partial charge in [-0.2, -0.15) is 0 Å². The molecule has 0 heterocycles. The Balaban J connectivity index is 1.88. The summed E-state index contributed by atoms with van der Waals surface area (Å²) in [5.41, 5.74) is 9.19. The SMILES string of the molecule is CCCCCCOc1ccc(-c2ccc(CN)cc2)cc1. The molecule has 0 radical (unpaired) electrons. The minimum Gasteiger partial charge on any atom is -0.494 e. The molecule has 112 valence electrons. The van der Waals surface area contributed by atoms with Crippen molar-refractivity contribution in [3.05, 3.63) is 54.1 Å². The van der Waals surface area contributed by atoms with Crippen molar-refractivity contribution in [2.45, 2.75) is 39.2 Å². The van der Waals surface area contributed by atoms with Crippen LogP contribution in [0.2, 0.25) is 0 Å². The largest absolute Gasteiger partial charge is 0.494 e. The molecule has 0 spiro atoms. The maximum absolute atomic E-state index is 5.76. The minimum absolute atomic E-state index is 0.588. The first kappa shape index (κ1) is 15.6. The zero-order valence-corrected chi connectivity index (χ0v) is 12.8. The van der Waals surface area contributed by atoms with Crippen LogP contribution in [0.4, 0.5) is 0 Å². The number of hydrogen-bond acceptors (Lipinski definition) is 2. The summed E-state index contributed by atoms with van der Waals surface area (Å²) in [5.74, 6) is 0.953. The molecular weight excluding hydrogens is 258 g/mol. The Hall–Kier alpha value is -1.80. The third-order valence-electron chi connectivity index (χ3n) is 3.64. The average Bonchev–Trinajstić information content (AvgIpc) is 2.55. The van der Waals surface area contributed by atoms with E-state index in [1.54, 1.807) is 0 Å². The fraction of sp³-hybridized carbons (Fsp3) is 0.368. The second-order valence-electron chi connectivity index (χ2n) is 5.33.